The number of carbonyl (C=O) groups is 1. The molecule has 142 valence electrons. The van der Waals surface area contributed by atoms with Gasteiger partial charge in [-0.15, -0.1) is 11.8 Å². The SMILES string of the molecule is COc1cccc([C@@H]2CC(=O)N3C(=C2C#N)SC[C@@]3(O)c2ccc(C)cc2)c1. The number of allylic oxidation sites excluding steroid dienone is 1. The predicted octanol–water partition coefficient (Wildman–Crippen LogP) is 3.65. The van der Waals surface area contributed by atoms with Crippen molar-refractivity contribution in [3.05, 3.63) is 75.8 Å². The van der Waals surface area contributed by atoms with Crippen LogP contribution in [-0.4, -0.2) is 28.8 Å². The summed E-state index contributed by atoms with van der Waals surface area (Å²) in [7, 11) is 1.59. The first kappa shape index (κ1) is 18.6. The minimum atomic E-state index is -1.44. The Morgan fingerprint density at radius 2 is 2.04 bits per heavy atom. The van der Waals surface area contributed by atoms with Crippen LogP contribution in [-0.2, 0) is 10.5 Å². The van der Waals surface area contributed by atoms with E-state index in [0.717, 1.165) is 11.1 Å². The van der Waals surface area contributed by atoms with Crippen LogP contribution in [0.1, 0.15) is 29.0 Å². The molecule has 1 amide bonds. The number of ether oxygens (including phenoxy) is 1. The molecule has 28 heavy (non-hydrogen) atoms. The maximum absolute atomic E-state index is 13.1. The Morgan fingerprint density at radius 3 is 2.71 bits per heavy atom. The summed E-state index contributed by atoms with van der Waals surface area (Å²) in [5.74, 6) is 0.458. The van der Waals surface area contributed by atoms with Crippen LogP contribution in [0.15, 0.2) is 59.1 Å². The van der Waals surface area contributed by atoms with E-state index in [1.807, 2.05) is 55.5 Å². The van der Waals surface area contributed by atoms with E-state index in [1.54, 1.807) is 7.11 Å². The van der Waals surface area contributed by atoms with Gasteiger partial charge < -0.3 is 9.84 Å². The first-order valence-electron chi connectivity index (χ1n) is 9.01. The van der Waals surface area contributed by atoms with Gasteiger partial charge in [0.05, 0.1) is 29.5 Å². The van der Waals surface area contributed by atoms with Crippen LogP contribution >= 0.6 is 11.8 Å². The second-order valence-corrected chi connectivity index (χ2v) is 8.03. The second kappa shape index (κ2) is 7.01. The maximum Gasteiger partial charge on any atom is 0.231 e. The summed E-state index contributed by atoms with van der Waals surface area (Å²) in [5, 5.41) is 21.8. The fourth-order valence-electron chi connectivity index (χ4n) is 3.80. The van der Waals surface area contributed by atoms with E-state index >= 15 is 0 Å². The normalized spacial score (nSPS) is 24.1. The van der Waals surface area contributed by atoms with E-state index in [-0.39, 0.29) is 18.2 Å². The summed E-state index contributed by atoms with van der Waals surface area (Å²) >= 11 is 1.36. The van der Waals surface area contributed by atoms with Crippen LogP contribution in [0.2, 0.25) is 0 Å². The Bertz CT molecular complexity index is 1010. The molecule has 4 rings (SSSR count). The fourth-order valence-corrected chi connectivity index (χ4v) is 5.16. The number of nitriles is 1. The molecule has 2 heterocycles. The van der Waals surface area contributed by atoms with Crippen LogP contribution in [0, 0.1) is 18.3 Å². The third-order valence-corrected chi connectivity index (χ3v) is 6.54. The van der Waals surface area contributed by atoms with E-state index in [2.05, 4.69) is 6.07 Å². The van der Waals surface area contributed by atoms with Crippen LogP contribution in [0.25, 0.3) is 0 Å². The van der Waals surface area contributed by atoms with Gasteiger partial charge in [-0.1, -0.05) is 42.0 Å². The molecule has 0 unspecified atom stereocenters. The minimum Gasteiger partial charge on any atom is -0.497 e. The highest BCUT2D eigenvalue weighted by molar-refractivity contribution is 8.03. The Labute approximate surface area is 168 Å². The number of rotatable bonds is 3. The molecular formula is C22H20N2O3S. The molecule has 1 N–H and O–H groups in total. The molecule has 0 radical (unpaired) electrons. The molecular weight excluding hydrogens is 372 g/mol. The molecule has 0 aliphatic carbocycles. The van der Waals surface area contributed by atoms with E-state index in [4.69, 9.17) is 4.74 Å². The molecule has 1 saturated heterocycles. The highest BCUT2D eigenvalue weighted by atomic mass is 32.2. The van der Waals surface area contributed by atoms with Crippen molar-refractivity contribution in [3.8, 4) is 11.8 Å². The third kappa shape index (κ3) is 2.88. The van der Waals surface area contributed by atoms with Crippen molar-refractivity contribution in [1.82, 2.24) is 4.90 Å². The first-order chi connectivity index (χ1) is 13.5. The number of amides is 1. The summed E-state index contributed by atoms with van der Waals surface area (Å²) in [4.78, 5) is 14.5. The quantitative estimate of drug-likeness (QED) is 0.863. The lowest BCUT2D eigenvalue weighted by Crippen LogP contribution is -2.48. The van der Waals surface area contributed by atoms with Gasteiger partial charge in [-0.2, -0.15) is 5.26 Å². The molecule has 1 fully saturated rings. The summed E-state index contributed by atoms with van der Waals surface area (Å²) in [6.45, 7) is 1.97. The molecule has 2 aromatic rings. The number of carbonyl (C=O) groups excluding carboxylic acids is 1. The lowest BCUT2D eigenvalue weighted by atomic mass is 9.85. The number of hydrogen-bond donors (Lipinski definition) is 1. The topological polar surface area (TPSA) is 73.6 Å². The highest BCUT2D eigenvalue weighted by Gasteiger charge is 2.51. The van der Waals surface area contributed by atoms with Gasteiger partial charge in [0, 0.05) is 17.9 Å². The molecule has 0 spiro atoms. The zero-order valence-electron chi connectivity index (χ0n) is 15.7. The van der Waals surface area contributed by atoms with Crippen LogP contribution in [0.3, 0.4) is 0 Å². The Balaban J connectivity index is 1.79. The molecule has 0 bridgehead atoms. The number of hydrogen-bond acceptors (Lipinski definition) is 5. The summed E-state index contributed by atoms with van der Waals surface area (Å²) in [6.07, 6.45) is 0.133. The predicted molar refractivity (Wildman–Crippen MR) is 107 cm³/mol. The average molecular weight is 392 g/mol. The molecule has 6 heteroatoms. The number of fused-ring (bicyclic) bond motifs is 1. The molecule has 2 atom stereocenters. The number of methoxy groups -OCH3 is 1. The largest absolute Gasteiger partial charge is 0.497 e. The maximum atomic E-state index is 13.1. The second-order valence-electron chi connectivity index (χ2n) is 7.06. The number of aliphatic hydroxyl groups is 1. The van der Waals surface area contributed by atoms with Crippen LogP contribution in [0.5, 0.6) is 5.75 Å². The summed E-state index contributed by atoms with van der Waals surface area (Å²) in [5.41, 5.74) is 1.68. The number of benzene rings is 2. The van der Waals surface area contributed by atoms with Gasteiger partial charge in [0.25, 0.3) is 0 Å². The van der Waals surface area contributed by atoms with E-state index in [9.17, 15) is 15.2 Å². The van der Waals surface area contributed by atoms with Gasteiger partial charge in [-0.05, 0) is 24.6 Å². The van der Waals surface area contributed by atoms with Gasteiger partial charge in [-0.25, -0.2) is 0 Å². The van der Waals surface area contributed by atoms with E-state index in [0.29, 0.717) is 27.7 Å². The molecule has 2 aliphatic rings. The van der Waals surface area contributed by atoms with Crippen molar-refractivity contribution in [2.24, 2.45) is 0 Å². The van der Waals surface area contributed by atoms with Gasteiger partial charge in [0.15, 0.2) is 5.72 Å². The standard InChI is InChI=1S/C22H20N2O3S/c1-14-6-8-16(9-7-14)22(26)13-28-21-19(12-23)18(11-20(25)24(21)22)15-4-3-5-17(10-15)27-2/h3-10,18,26H,11,13H2,1-2H3/t18-,22+/m0/s1. The van der Waals surface area contributed by atoms with E-state index in [1.165, 1.54) is 16.7 Å². The molecule has 5 nitrogen and oxygen atoms in total. The third-order valence-electron chi connectivity index (χ3n) is 5.32. The highest BCUT2D eigenvalue weighted by Crippen LogP contribution is 2.51. The van der Waals surface area contributed by atoms with Crippen molar-refractivity contribution in [2.75, 3.05) is 12.9 Å². The number of thioether (sulfide) groups is 1. The van der Waals surface area contributed by atoms with Crippen molar-refractivity contribution >= 4 is 17.7 Å². The monoisotopic (exact) mass is 392 g/mol. The molecule has 2 aromatic carbocycles. The Hall–Kier alpha value is -2.75. The summed E-state index contributed by atoms with van der Waals surface area (Å²) < 4.78 is 5.29. The lowest BCUT2D eigenvalue weighted by molar-refractivity contribution is -0.149. The molecule has 2 aliphatic heterocycles. The lowest BCUT2D eigenvalue weighted by Gasteiger charge is -2.38. The van der Waals surface area contributed by atoms with Crippen LogP contribution < -0.4 is 4.74 Å². The van der Waals surface area contributed by atoms with Crippen molar-refractivity contribution in [1.29, 1.82) is 5.26 Å². The van der Waals surface area contributed by atoms with Gasteiger partial charge in [0.2, 0.25) is 5.91 Å². The average Bonchev–Trinajstić information content (AvgIpc) is 3.07. The minimum absolute atomic E-state index is 0.133. The van der Waals surface area contributed by atoms with Gasteiger partial charge in [0.1, 0.15) is 5.75 Å². The molecule has 0 aromatic heterocycles. The number of nitrogens with zero attached hydrogens (tertiary/aromatic N) is 2. The van der Waals surface area contributed by atoms with Crippen LogP contribution in [0.4, 0.5) is 0 Å². The summed E-state index contributed by atoms with van der Waals surface area (Å²) in [6, 6.07) is 17.3. The fraction of sp³-hybridized carbons (Fsp3) is 0.273. The van der Waals surface area contributed by atoms with E-state index < -0.39 is 5.72 Å². The smallest absolute Gasteiger partial charge is 0.231 e. The Kier molecular flexibility index (Phi) is 4.66. The van der Waals surface area contributed by atoms with Crippen molar-refractivity contribution in [3.63, 3.8) is 0 Å². The zero-order chi connectivity index (χ0) is 19.9. The molecule has 0 saturated carbocycles. The number of aryl methyl sites for hydroxylation is 1. The van der Waals surface area contributed by atoms with Crippen molar-refractivity contribution in [2.45, 2.75) is 25.0 Å². The zero-order valence-corrected chi connectivity index (χ0v) is 16.5. The van der Waals surface area contributed by atoms with Crippen molar-refractivity contribution < 1.29 is 14.6 Å². The Morgan fingerprint density at radius 1 is 1.29 bits per heavy atom. The van der Waals surface area contributed by atoms with Gasteiger partial charge in [-0.3, -0.25) is 9.69 Å². The first-order valence-corrected chi connectivity index (χ1v) is 10.00. The van der Waals surface area contributed by atoms with Gasteiger partial charge >= 0.3 is 0 Å².